The average molecular weight is 1760 g/mol. The summed E-state index contributed by atoms with van der Waals surface area (Å²) >= 11 is 0. The molecule has 0 heterocycles. The number of methoxy groups -OCH3 is 1. The number of esters is 4. The van der Waals surface area contributed by atoms with Crippen molar-refractivity contribution in [3.63, 3.8) is 0 Å². The number of nitrogens with one attached hydrogen (secondary N) is 2. The second-order valence-electron chi connectivity index (χ2n) is 33.4. The number of carbonyl (C=O) groups excluding carboxylic acids is 9. The molecular weight excluding hydrogens is 1570 g/mol. The molecule has 0 radical (unpaired) electrons. The van der Waals surface area contributed by atoms with E-state index < -0.39 is 5.92 Å². The first kappa shape index (κ1) is 118. The first-order valence-corrected chi connectivity index (χ1v) is 50.4. The minimum atomic E-state index is -0.660. The van der Waals surface area contributed by atoms with Gasteiger partial charge in [0.05, 0.1) is 52.6 Å². The van der Waals surface area contributed by atoms with Gasteiger partial charge in [0, 0.05) is 90.5 Å². The Morgan fingerprint density at radius 3 is 0.904 bits per heavy atom. The summed E-state index contributed by atoms with van der Waals surface area (Å²) in [5.41, 5.74) is 0. The highest BCUT2D eigenvalue weighted by Gasteiger charge is 2.24. The summed E-state index contributed by atoms with van der Waals surface area (Å²) in [6, 6.07) is 0. The molecule has 0 saturated heterocycles. The van der Waals surface area contributed by atoms with Gasteiger partial charge in [-0.1, -0.05) is 260 Å². The molecular formula is C105H182N4O16. The van der Waals surface area contributed by atoms with Gasteiger partial charge in [-0.2, -0.15) is 0 Å². The fourth-order valence-electron chi connectivity index (χ4n) is 14.1. The van der Waals surface area contributed by atoms with E-state index in [9.17, 15) is 43.2 Å². The molecule has 0 aromatic rings. The number of unbranched alkanes of at least 4 members (excludes halogenated alkanes) is 33. The van der Waals surface area contributed by atoms with Crippen molar-refractivity contribution in [2.45, 2.75) is 407 Å². The summed E-state index contributed by atoms with van der Waals surface area (Å²) < 4.78 is 38.7. The van der Waals surface area contributed by atoms with Crippen LogP contribution in [0.3, 0.4) is 0 Å². The number of ether oxygens (including phenoxy) is 7. The van der Waals surface area contributed by atoms with Crippen molar-refractivity contribution in [3.8, 4) is 0 Å². The second kappa shape index (κ2) is 96.3. The van der Waals surface area contributed by atoms with Crippen molar-refractivity contribution in [3.05, 3.63) is 97.2 Å². The molecule has 1 atom stereocenters. The average Bonchev–Trinajstić information content (AvgIpc) is 0.927. The Kier molecular flexibility index (Phi) is 91.1. The molecule has 20 heteroatoms. The maximum Gasteiger partial charge on any atom is 0.305 e. The van der Waals surface area contributed by atoms with Crippen LogP contribution in [0.5, 0.6) is 0 Å². The topological polar surface area (TPSA) is 249 Å². The summed E-state index contributed by atoms with van der Waals surface area (Å²) in [5.74, 6) is -3.10. The molecule has 718 valence electrons. The molecule has 0 spiro atoms. The van der Waals surface area contributed by atoms with Crippen molar-refractivity contribution in [2.24, 2.45) is 5.92 Å². The lowest BCUT2D eigenvalue weighted by Gasteiger charge is -2.23. The molecule has 0 saturated carbocycles. The fraction of sp³-hybridized carbons (Fsp3) is 0.762. The van der Waals surface area contributed by atoms with E-state index in [1.54, 1.807) is 12.0 Å². The molecule has 0 aromatic carbocycles. The summed E-state index contributed by atoms with van der Waals surface area (Å²) in [5, 5.41) is 5.94. The van der Waals surface area contributed by atoms with Gasteiger partial charge in [-0.15, -0.1) is 0 Å². The molecule has 2 N–H and O–H groups in total. The third-order valence-corrected chi connectivity index (χ3v) is 21.9. The summed E-state index contributed by atoms with van der Waals surface area (Å²) in [4.78, 5) is 123. The van der Waals surface area contributed by atoms with Gasteiger partial charge in [-0.05, 0) is 186 Å². The van der Waals surface area contributed by atoms with Gasteiger partial charge in [-0.3, -0.25) is 43.2 Å². The van der Waals surface area contributed by atoms with E-state index >= 15 is 0 Å². The SMILES string of the molecule is CCCCC/C=C\C/C=C\CCCCCCCC(=O)OCCN(CCOC(=O)CCCCCCC/C=C\C/C=C\CCCCC)C(=O)CCCC(=O)C[C@@H](CCCCNC(=O)CCCC(=O)N(CCOC(=O)CCCCCCC/C=C\C/C=C\CCCCC)CCOC(=O)CCCCCCC/C=C\C/C=C\CCCCC)C(=O)NCCCOCCOCCOC. The number of rotatable bonds is 94. The highest BCUT2D eigenvalue weighted by Crippen LogP contribution is 2.19. The molecule has 0 fully saturated rings. The lowest BCUT2D eigenvalue weighted by molar-refractivity contribution is -0.148. The van der Waals surface area contributed by atoms with Crippen molar-refractivity contribution in [1.29, 1.82) is 0 Å². The fourth-order valence-corrected chi connectivity index (χ4v) is 14.1. The largest absolute Gasteiger partial charge is 0.464 e. The van der Waals surface area contributed by atoms with Crippen LogP contribution in [0.4, 0.5) is 0 Å². The van der Waals surface area contributed by atoms with Crippen LogP contribution >= 0.6 is 0 Å². The maximum atomic E-state index is 13.9. The standard InChI is InChI=1S/C105H182N4O16/c1-6-10-14-18-22-26-30-34-38-42-46-50-54-58-62-76-101(114)122-87-82-108(83-88-123-102(115)77-63-59-55-51-47-43-39-35-31-27-23-19-15-11-7-2)99(112)74-68-72-97(110)95-96(105(118)107-81-70-86-120-93-94-121-92-91-119-5)71-66-67-80-106-98(111)73-69-75-100(113)109(84-89-124-103(116)78-64-60-56-52-48-44-40-36-32-28-24-20-16-12-8-3)85-90-125-104(117)79-65-61-57-53-49-45-41-37-33-29-25-21-17-13-9-4/h22-29,34-41,96H,6-21,30-33,42-95H2,1-5H3,(H,106,111)(H,107,118)/b26-22-,27-23-,28-24-,29-25-,38-34-,39-35-,40-36-,41-37-/t96-/m1/s1. The minimum Gasteiger partial charge on any atom is -0.464 e. The molecule has 0 unspecified atom stereocenters. The predicted molar refractivity (Wildman–Crippen MR) is 513 cm³/mol. The first-order chi connectivity index (χ1) is 61.3. The summed E-state index contributed by atoms with van der Waals surface area (Å²) in [6.45, 7) is 12.2. The zero-order valence-corrected chi connectivity index (χ0v) is 80.1. The van der Waals surface area contributed by atoms with Gasteiger partial charge in [0.25, 0.3) is 0 Å². The highest BCUT2D eigenvalue weighted by molar-refractivity contribution is 5.87. The van der Waals surface area contributed by atoms with Gasteiger partial charge in [0.1, 0.15) is 32.2 Å². The van der Waals surface area contributed by atoms with E-state index in [2.05, 4.69) is 136 Å². The number of hydrogen-bond donors (Lipinski definition) is 2. The number of hydrogen-bond acceptors (Lipinski definition) is 16. The van der Waals surface area contributed by atoms with Crippen LogP contribution in [0.1, 0.15) is 407 Å². The van der Waals surface area contributed by atoms with Crippen LogP contribution in [-0.4, -0.2) is 169 Å². The Morgan fingerprint density at radius 1 is 0.272 bits per heavy atom. The Morgan fingerprint density at radius 2 is 0.568 bits per heavy atom. The minimum absolute atomic E-state index is 0.00340. The van der Waals surface area contributed by atoms with E-state index in [1.807, 2.05) is 0 Å². The molecule has 0 bridgehead atoms. The zero-order valence-electron chi connectivity index (χ0n) is 80.1. The van der Waals surface area contributed by atoms with Crippen LogP contribution in [0.25, 0.3) is 0 Å². The summed E-state index contributed by atoms with van der Waals surface area (Å²) in [6.07, 6.45) is 87.4. The molecule has 0 aromatic heterocycles. The smallest absolute Gasteiger partial charge is 0.305 e. The molecule has 0 rings (SSSR count). The zero-order chi connectivity index (χ0) is 90.9. The molecule has 0 aliphatic heterocycles. The van der Waals surface area contributed by atoms with Crippen molar-refractivity contribution in [2.75, 3.05) is 106 Å². The van der Waals surface area contributed by atoms with Gasteiger partial charge in [0.15, 0.2) is 0 Å². The van der Waals surface area contributed by atoms with Crippen molar-refractivity contribution in [1.82, 2.24) is 20.4 Å². The third kappa shape index (κ3) is 87.7. The van der Waals surface area contributed by atoms with E-state index in [-0.39, 0.29) is 164 Å². The third-order valence-electron chi connectivity index (χ3n) is 21.9. The van der Waals surface area contributed by atoms with Gasteiger partial charge >= 0.3 is 23.9 Å². The number of nitrogens with zero attached hydrogens (tertiary/aromatic N) is 2. The van der Waals surface area contributed by atoms with E-state index in [0.29, 0.717) is 84.6 Å². The van der Waals surface area contributed by atoms with Gasteiger partial charge in [0.2, 0.25) is 23.6 Å². The van der Waals surface area contributed by atoms with Crippen LogP contribution < -0.4 is 10.6 Å². The van der Waals surface area contributed by atoms with E-state index in [4.69, 9.17) is 33.2 Å². The number of ketones is 1. The Hall–Kier alpha value is -6.77. The number of Topliss-reactive ketones (excluding diaryl/α,β-unsaturated/α-hetero) is 1. The van der Waals surface area contributed by atoms with Crippen LogP contribution in [0, 0.1) is 5.92 Å². The monoisotopic (exact) mass is 1760 g/mol. The molecule has 0 aliphatic carbocycles. The van der Waals surface area contributed by atoms with Gasteiger partial charge in [-0.25, -0.2) is 0 Å². The van der Waals surface area contributed by atoms with Crippen LogP contribution in [-0.2, 0) is 76.3 Å². The molecule has 125 heavy (non-hydrogen) atoms. The normalized spacial score (nSPS) is 12.1. The second-order valence-corrected chi connectivity index (χ2v) is 33.4. The van der Waals surface area contributed by atoms with Crippen molar-refractivity contribution >= 4 is 53.3 Å². The molecule has 0 aliphatic rings. The Labute approximate surface area is 761 Å². The molecule has 20 nitrogen and oxygen atoms in total. The number of carbonyl (C=O) groups is 9. The first-order valence-electron chi connectivity index (χ1n) is 50.4. The van der Waals surface area contributed by atoms with Gasteiger partial charge < -0.3 is 53.6 Å². The van der Waals surface area contributed by atoms with E-state index in [1.165, 1.54) is 81.9 Å². The number of allylic oxidation sites excluding steroid dienone is 16. The quantitative estimate of drug-likeness (QED) is 0.0249. The van der Waals surface area contributed by atoms with Crippen LogP contribution in [0.2, 0.25) is 0 Å². The molecule has 4 amide bonds. The Bertz CT molecular complexity index is 2700. The van der Waals surface area contributed by atoms with Crippen molar-refractivity contribution < 1.29 is 76.3 Å². The summed E-state index contributed by atoms with van der Waals surface area (Å²) in [7, 11) is 1.61. The maximum absolute atomic E-state index is 13.9. The highest BCUT2D eigenvalue weighted by atomic mass is 16.6. The van der Waals surface area contributed by atoms with Crippen LogP contribution in [0.15, 0.2) is 97.2 Å². The lowest BCUT2D eigenvalue weighted by Crippen LogP contribution is -2.37. The predicted octanol–water partition coefficient (Wildman–Crippen LogP) is 24.5. The number of amides is 4. The lowest BCUT2D eigenvalue weighted by atomic mass is 9.93. The Balaban J connectivity index is 5.74. The van der Waals surface area contributed by atoms with E-state index in [0.717, 1.165) is 205 Å².